The van der Waals surface area contributed by atoms with Crippen LogP contribution in [0.15, 0.2) is 23.2 Å². The van der Waals surface area contributed by atoms with Crippen LogP contribution in [0.2, 0.25) is 0 Å². The topological polar surface area (TPSA) is 74.8 Å². The van der Waals surface area contributed by atoms with Crippen LogP contribution >= 0.6 is 0 Å². The lowest BCUT2D eigenvalue weighted by atomic mass is 10.1. The highest BCUT2D eigenvalue weighted by molar-refractivity contribution is 5.79. The van der Waals surface area contributed by atoms with E-state index in [4.69, 9.17) is 4.74 Å². The van der Waals surface area contributed by atoms with Crippen molar-refractivity contribution < 1.29 is 18.3 Å². The molecule has 1 rings (SSSR count). The van der Waals surface area contributed by atoms with Crippen LogP contribution in [0.3, 0.4) is 0 Å². The Balaban J connectivity index is 2.47. The monoisotopic (exact) mass is 384 g/mol. The van der Waals surface area contributed by atoms with Gasteiger partial charge in [0.1, 0.15) is 5.60 Å². The summed E-state index contributed by atoms with van der Waals surface area (Å²) in [6.07, 6.45) is -0.192. The fourth-order valence-electron chi connectivity index (χ4n) is 2.21. The van der Waals surface area contributed by atoms with E-state index >= 15 is 0 Å². The molecule has 0 unspecified atom stereocenters. The van der Waals surface area contributed by atoms with Gasteiger partial charge in [0, 0.05) is 20.1 Å². The lowest BCUT2D eigenvalue weighted by Crippen LogP contribution is -2.54. The van der Waals surface area contributed by atoms with Crippen LogP contribution in [-0.4, -0.2) is 43.3 Å². The number of nitrogens with one attached hydrogen (secondary N) is 3. The van der Waals surface area contributed by atoms with Crippen LogP contribution in [-0.2, 0) is 11.2 Å². The fourth-order valence-corrected chi connectivity index (χ4v) is 2.21. The van der Waals surface area contributed by atoms with Crippen molar-refractivity contribution in [2.24, 2.45) is 4.99 Å². The van der Waals surface area contributed by atoms with E-state index in [1.807, 2.05) is 13.8 Å². The molecule has 3 N–H and O–H groups in total. The predicted molar refractivity (Wildman–Crippen MR) is 103 cm³/mol. The minimum atomic E-state index is -0.857. The maximum absolute atomic E-state index is 13.7. The van der Waals surface area contributed by atoms with E-state index in [2.05, 4.69) is 20.9 Å². The Labute approximate surface area is 159 Å². The van der Waals surface area contributed by atoms with Crippen LogP contribution in [0.5, 0.6) is 0 Å². The Morgan fingerprint density at radius 1 is 1.15 bits per heavy atom. The number of benzene rings is 1. The van der Waals surface area contributed by atoms with E-state index in [0.717, 1.165) is 6.07 Å². The van der Waals surface area contributed by atoms with Gasteiger partial charge in [-0.2, -0.15) is 0 Å². The summed E-state index contributed by atoms with van der Waals surface area (Å²) in [5.41, 5.74) is -0.865. The van der Waals surface area contributed by atoms with Gasteiger partial charge in [-0.1, -0.05) is 12.1 Å². The molecule has 0 aliphatic carbocycles. The number of nitrogens with zero attached hydrogens (tertiary/aromatic N) is 1. The van der Waals surface area contributed by atoms with Crippen molar-refractivity contribution in [1.82, 2.24) is 16.0 Å². The maximum atomic E-state index is 13.7. The number of amides is 1. The van der Waals surface area contributed by atoms with E-state index in [1.165, 1.54) is 6.07 Å². The number of halogens is 2. The highest BCUT2D eigenvalue weighted by Gasteiger charge is 2.24. The molecular weight excluding hydrogens is 354 g/mol. The first kappa shape index (κ1) is 22.7. The SMILES string of the molecule is CN=C(NCCc1cccc(F)c1F)NCC(C)(C)NC(=O)OC(C)(C)C. The molecule has 6 nitrogen and oxygen atoms in total. The van der Waals surface area contributed by atoms with Crippen molar-refractivity contribution >= 4 is 12.1 Å². The first-order valence-electron chi connectivity index (χ1n) is 8.82. The smallest absolute Gasteiger partial charge is 0.408 e. The minimum Gasteiger partial charge on any atom is -0.444 e. The molecule has 0 bridgehead atoms. The van der Waals surface area contributed by atoms with E-state index in [0.29, 0.717) is 31.0 Å². The van der Waals surface area contributed by atoms with Gasteiger partial charge in [-0.3, -0.25) is 4.99 Å². The summed E-state index contributed by atoms with van der Waals surface area (Å²) in [6.45, 7) is 9.85. The largest absolute Gasteiger partial charge is 0.444 e. The second kappa shape index (κ2) is 9.53. The first-order valence-corrected chi connectivity index (χ1v) is 8.82. The number of alkyl carbamates (subject to hydrolysis) is 1. The summed E-state index contributed by atoms with van der Waals surface area (Å²) >= 11 is 0. The predicted octanol–water partition coefficient (Wildman–Crippen LogP) is 2.98. The molecule has 0 radical (unpaired) electrons. The highest BCUT2D eigenvalue weighted by Crippen LogP contribution is 2.11. The van der Waals surface area contributed by atoms with Gasteiger partial charge in [0.15, 0.2) is 17.6 Å². The van der Waals surface area contributed by atoms with Gasteiger partial charge in [0.25, 0.3) is 0 Å². The summed E-state index contributed by atoms with van der Waals surface area (Å²) < 4.78 is 32.1. The van der Waals surface area contributed by atoms with E-state index in [9.17, 15) is 13.6 Å². The molecule has 152 valence electrons. The van der Waals surface area contributed by atoms with Crippen molar-refractivity contribution in [2.75, 3.05) is 20.1 Å². The molecule has 0 atom stereocenters. The molecule has 1 amide bonds. The van der Waals surface area contributed by atoms with Gasteiger partial charge in [-0.05, 0) is 52.7 Å². The standard InChI is InChI=1S/C19H30F2N4O2/c1-18(2,3)27-17(26)25-19(4,5)12-24-16(22-6)23-11-10-13-8-7-9-14(20)15(13)21/h7-9H,10-12H2,1-6H3,(H,25,26)(H2,22,23,24). The number of carbonyl (C=O) groups is 1. The molecule has 27 heavy (non-hydrogen) atoms. The maximum Gasteiger partial charge on any atom is 0.408 e. The molecule has 0 fully saturated rings. The molecule has 0 heterocycles. The third-order valence-electron chi connectivity index (χ3n) is 3.48. The average molecular weight is 384 g/mol. The second-order valence-corrected chi connectivity index (χ2v) is 7.83. The van der Waals surface area contributed by atoms with Gasteiger partial charge >= 0.3 is 6.09 Å². The molecule has 0 aromatic heterocycles. The number of guanidine groups is 1. The average Bonchev–Trinajstić information content (AvgIpc) is 2.52. The molecule has 0 spiro atoms. The normalized spacial score (nSPS) is 12.5. The zero-order valence-electron chi connectivity index (χ0n) is 16.9. The molecule has 1 aromatic carbocycles. The summed E-state index contributed by atoms with van der Waals surface area (Å²) in [4.78, 5) is 16.0. The Morgan fingerprint density at radius 2 is 1.81 bits per heavy atom. The Kier molecular flexibility index (Phi) is 7.99. The van der Waals surface area contributed by atoms with Gasteiger partial charge in [-0.15, -0.1) is 0 Å². The van der Waals surface area contributed by atoms with E-state index < -0.39 is 28.9 Å². The van der Waals surface area contributed by atoms with E-state index in [-0.39, 0.29) is 0 Å². The first-order chi connectivity index (χ1) is 12.4. The number of rotatable bonds is 6. The Bertz CT molecular complexity index is 670. The molecule has 8 heteroatoms. The summed E-state index contributed by atoms with van der Waals surface area (Å²) in [6, 6.07) is 4.11. The third kappa shape index (κ3) is 8.70. The van der Waals surface area contributed by atoms with Crippen LogP contribution < -0.4 is 16.0 Å². The minimum absolute atomic E-state index is 0.296. The van der Waals surface area contributed by atoms with Gasteiger partial charge in [0.05, 0.1) is 5.54 Å². The van der Waals surface area contributed by atoms with Crippen molar-refractivity contribution in [3.63, 3.8) is 0 Å². The van der Waals surface area contributed by atoms with Gasteiger partial charge < -0.3 is 20.7 Å². The highest BCUT2D eigenvalue weighted by atomic mass is 19.2. The quantitative estimate of drug-likeness (QED) is 0.521. The van der Waals surface area contributed by atoms with Crippen LogP contribution in [0.1, 0.15) is 40.2 Å². The summed E-state index contributed by atoms with van der Waals surface area (Å²) in [7, 11) is 1.60. The van der Waals surface area contributed by atoms with Crippen molar-refractivity contribution in [3.05, 3.63) is 35.4 Å². The van der Waals surface area contributed by atoms with Crippen molar-refractivity contribution in [1.29, 1.82) is 0 Å². The molecule has 1 aromatic rings. The van der Waals surface area contributed by atoms with Crippen LogP contribution in [0.25, 0.3) is 0 Å². The van der Waals surface area contributed by atoms with Crippen LogP contribution in [0, 0.1) is 11.6 Å². The Morgan fingerprint density at radius 3 is 2.41 bits per heavy atom. The second-order valence-electron chi connectivity index (χ2n) is 7.83. The summed E-state index contributed by atoms with van der Waals surface area (Å²) in [5.74, 6) is -1.19. The zero-order valence-corrected chi connectivity index (χ0v) is 16.9. The number of hydrogen-bond acceptors (Lipinski definition) is 3. The number of hydrogen-bond donors (Lipinski definition) is 3. The van der Waals surface area contributed by atoms with Gasteiger partial charge in [-0.25, -0.2) is 13.6 Å². The van der Waals surface area contributed by atoms with Gasteiger partial charge in [0.2, 0.25) is 0 Å². The molecule has 0 saturated carbocycles. The number of ether oxygens (including phenoxy) is 1. The van der Waals surface area contributed by atoms with Crippen molar-refractivity contribution in [3.8, 4) is 0 Å². The zero-order chi connectivity index (χ0) is 20.7. The summed E-state index contributed by atoms with van der Waals surface area (Å²) in [5, 5.41) is 8.92. The molecule has 0 saturated heterocycles. The Hall–Kier alpha value is -2.38. The molecular formula is C19H30F2N4O2. The van der Waals surface area contributed by atoms with Crippen molar-refractivity contribution in [2.45, 2.75) is 52.2 Å². The van der Waals surface area contributed by atoms with Crippen LogP contribution in [0.4, 0.5) is 13.6 Å². The lowest BCUT2D eigenvalue weighted by molar-refractivity contribution is 0.0474. The number of carbonyl (C=O) groups excluding carboxylic acids is 1. The van der Waals surface area contributed by atoms with E-state index in [1.54, 1.807) is 33.9 Å². The fraction of sp³-hybridized carbons (Fsp3) is 0.579. The molecule has 0 aliphatic heterocycles. The lowest BCUT2D eigenvalue weighted by Gasteiger charge is -2.29. The number of aliphatic imine (C=N–C) groups is 1. The molecule has 0 aliphatic rings. The third-order valence-corrected chi connectivity index (χ3v) is 3.48.